The van der Waals surface area contributed by atoms with Gasteiger partial charge in [-0.25, -0.2) is 4.39 Å². The summed E-state index contributed by atoms with van der Waals surface area (Å²) in [6.45, 7) is 7.91. The Labute approximate surface area is 113 Å². The molecule has 0 atom stereocenters. The molecule has 1 aliphatic rings. The SMILES string of the molecule is CC1(C)OB(/C=C/c2ncc(F)cc2N)OC1(C)C. The largest absolute Gasteiger partial charge is 0.487 e. The topological polar surface area (TPSA) is 57.4 Å². The van der Waals surface area contributed by atoms with Crippen LogP contribution in [0.5, 0.6) is 0 Å². The van der Waals surface area contributed by atoms with E-state index in [-0.39, 0.29) is 16.9 Å². The molecule has 0 unspecified atom stereocenters. The lowest BCUT2D eigenvalue weighted by molar-refractivity contribution is 0.00578. The van der Waals surface area contributed by atoms with Gasteiger partial charge in [0.05, 0.1) is 28.8 Å². The number of hydrogen-bond donors (Lipinski definition) is 1. The average Bonchev–Trinajstić information content (AvgIpc) is 2.46. The van der Waals surface area contributed by atoms with Gasteiger partial charge in [0.25, 0.3) is 0 Å². The van der Waals surface area contributed by atoms with Crippen LogP contribution in [0.2, 0.25) is 0 Å². The van der Waals surface area contributed by atoms with Crippen LogP contribution in [0, 0.1) is 5.82 Å². The zero-order chi connectivity index (χ0) is 14.3. The summed E-state index contributed by atoms with van der Waals surface area (Å²) in [6.07, 6.45) is 2.80. The highest BCUT2D eigenvalue weighted by Crippen LogP contribution is 2.37. The molecular weight excluding hydrogens is 246 g/mol. The lowest BCUT2D eigenvalue weighted by atomic mass is 9.89. The number of aromatic nitrogens is 1. The Hall–Kier alpha value is -1.40. The molecule has 2 N–H and O–H groups in total. The Morgan fingerprint density at radius 1 is 1.26 bits per heavy atom. The normalized spacial score (nSPS) is 21.2. The fraction of sp³-hybridized carbons (Fsp3) is 0.462. The summed E-state index contributed by atoms with van der Waals surface area (Å²) in [5, 5.41) is 0. The number of nitrogen functional groups attached to an aromatic ring is 1. The molecule has 2 rings (SSSR count). The van der Waals surface area contributed by atoms with Crippen LogP contribution in [0.1, 0.15) is 33.4 Å². The van der Waals surface area contributed by atoms with Crippen LogP contribution in [0.25, 0.3) is 6.08 Å². The molecule has 0 aromatic carbocycles. The van der Waals surface area contributed by atoms with Crippen LogP contribution in [-0.4, -0.2) is 23.3 Å². The summed E-state index contributed by atoms with van der Waals surface area (Å²) < 4.78 is 24.5. The molecule has 0 amide bonds. The van der Waals surface area contributed by atoms with E-state index in [1.54, 1.807) is 12.1 Å². The Morgan fingerprint density at radius 3 is 2.37 bits per heavy atom. The van der Waals surface area contributed by atoms with Crippen LogP contribution in [0.15, 0.2) is 18.2 Å². The van der Waals surface area contributed by atoms with Crippen LogP contribution >= 0.6 is 0 Å². The quantitative estimate of drug-likeness (QED) is 0.833. The van der Waals surface area contributed by atoms with E-state index in [1.807, 2.05) is 27.7 Å². The Kier molecular flexibility index (Phi) is 3.41. The predicted octanol–water partition coefficient (Wildman–Crippen LogP) is 2.45. The van der Waals surface area contributed by atoms with Gasteiger partial charge in [-0.05, 0) is 33.8 Å². The molecule has 1 aliphatic heterocycles. The molecule has 19 heavy (non-hydrogen) atoms. The van der Waals surface area contributed by atoms with Crippen molar-refractivity contribution in [3.05, 3.63) is 29.7 Å². The molecule has 6 heteroatoms. The van der Waals surface area contributed by atoms with Crippen molar-refractivity contribution in [3.63, 3.8) is 0 Å². The van der Waals surface area contributed by atoms with Crippen LogP contribution in [-0.2, 0) is 9.31 Å². The van der Waals surface area contributed by atoms with Gasteiger partial charge in [-0.1, -0.05) is 5.98 Å². The molecule has 2 heterocycles. The van der Waals surface area contributed by atoms with Gasteiger partial charge in [-0.15, -0.1) is 0 Å². The zero-order valence-corrected chi connectivity index (χ0v) is 11.6. The number of rotatable bonds is 2. The molecule has 1 fully saturated rings. The highest BCUT2D eigenvalue weighted by atomic mass is 19.1. The number of nitrogens with two attached hydrogens (primary N) is 1. The van der Waals surface area contributed by atoms with E-state index in [0.717, 1.165) is 6.20 Å². The van der Waals surface area contributed by atoms with Crippen molar-refractivity contribution >= 4 is 18.9 Å². The minimum absolute atomic E-state index is 0.285. The number of anilines is 1. The maximum Gasteiger partial charge on any atom is 0.487 e. The first-order valence-electron chi connectivity index (χ1n) is 6.16. The molecule has 102 valence electrons. The lowest BCUT2D eigenvalue weighted by Gasteiger charge is -2.32. The van der Waals surface area contributed by atoms with Crippen LogP contribution in [0.4, 0.5) is 10.1 Å². The van der Waals surface area contributed by atoms with E-state index in [4.69, 9.17) is 15.0 Å². The smallest absolute Gasteiger partial charge is 0.400 e. The highest BCUT2D eigenvalue weighted by Gasteiger charge is 2.50. The van der Waals surface area contributed by atoms with Gasteiger partial charge in [0.15, 0.2) is 0 Å². The van der Waals surface area contributed by atoms with Gasteiger partial charge < -0.3 is 15.0 Å². The third-order valence-corrected chi connectivity index (χ3v) is 3.60. The minimum Gasteiger partial charge on any atom is -0.400 e. The van der Waals surface area contributed by atoms with Gasteiger partial charge in [0.2, 0.25) is 0 Å². The minimum atomic E-state index is -0.462. The second kappa shape index (κ2) is 4.61. The Bertz CT molecular complexity index is 501. The summed E-state index contributed by atoms with van der Waals surface area (Å²) in [4.78, 5) is 3.91. The van der Waals surface area contributed by atoms with E-state index in [9.17, 15) is 4.39 Å². The molecule has 4 nitrogen and oxygen atoms in total. The summed E-state index contributed by atoms with van der Waals surface area (Å²) in [5.41, 5.74) is 5.69. The first-order valence-corrected chi connectivity index (χ1v) is 6.16. The summed E-state index contributed by atoms with van der Waals surface area (Å²) in [5.74, 6) is 1.28. The second-order valence-corrected chi connectivity index (χ2v) is 5.61. The Balaban J connectivity index is 2.13. The summed E-state index contributed by atoms with van der Waals surface area (Å²) in [7, 11) is -0.462. The van der Waals surface area contributed by atoms with Crippen molar-refractivity contribution < 1.29 is 13.7 Å². The fourth-order valence-electron chi connectivity index (χ4n) is 1.74. The highest BCUT2D eigenvalue weighted by molar-refractivity contribution is 6.52. The predicted molar refractivity (Wildman–Crippen MR) is 73.7 cm³/mol. The second-order valence-electron chi connectivity index (χ2n) is 5.61. The molecule has 1 saturated heterocycles. The number of halogens is 1. The maximum atomic E-state index is 12.9. The number of nitrogens with zero attached hydrogens (tertiary/aromatic N) is 1. The Morgan fingerprint density at radius 2 is 1.84 bits per heavy atom. The van der Waals surface area contributed by atoms with Gasteiger partial charge >= 0.3 is 7.12 Å². The first kappa shape index (κ1) is 14.0. The van der Waals surface area contributed by atoms with E-state index in [1.165, 1.54) is 6.07 Å². The molecule has 0 radical (unpaired) electrons. The molecule has 0 saturated carbocycles. The van der Waals surface area contributed by atoms with Crippen molar-refractivity contribution in [1.82, 2.24) is 4.98 Å². The fourth-order valence-corrected chi connectivity index (χ4v) is 1.74. The van der Waals surface area contributed by atoms with Crippen molar-refractivity contribution in [2.45, 2.75) is 38.9 Å². The average molecular weight is 264 g/mol. The molecule has 1 aromatic heterocycles. The zero-order valence-electron chi connectivity index (χ0n) is 11.6. The van der Waals surface area contributed by atoms with Crippen molar-refractivity contribution in [2.75, 3.05) is 5.73 Å². The third-order valence-electron chi connectivity index (χ3n) is 3.60. The summed E-state index contributed by atoms with van der Waals surface area (Å²) >= 11 is 0. The van der Waals surface area contributed by atoms with Gasteiger partial charge in [-0.3, -0.25) is 4.98 Å². The lowest BCUT2D eigenvalue weighted by Crippen LogP contribution is -2.41. The van der Waals surface area contributed by atoms with Gasteiger partial charge in [0, 0.05) is 6.07 Å². The monoisotopic (exact) mass is 264 g/mol. The standard InChI is InChI=1S/C13H18BFN2O2/c1-12(2)13(3,4)19-14(18-12)6-5-11-10(16)7-9(15)8-17-11/h5-8H,16H2,1-4H3/b6-5+. The van der Waals surface area contributed by atoms with Crippen molar-refractivity contribution in [3.8, 4) is 0 Å². The van der Waals surface area contributed by atoms with Crippen LogP contribution < -0.4 is 5.73 Å². The summed E-state index contributed by atoms with van der Waals surface area (Å²) in [6, 6.07) is 1.23. The molecule has 0 spiro atoms. The van der Waals surface area contributed by atoms with Gasteiger partial charge in [-0.2, -0.15) is 0 Å². The van der Waals surface area contributed by atoms with Crippen molar-refractivity contribution in [2.24, 2.45) is 0 Å². The van der Waals surface area contributed by atoms with E-state index in [2.05, 4.69) is 4.98 Å². The molecule has 1 aromatic rings. The molecule has 0 bridgehead atoms. The third kappa shape index (κ3) is 2.79. The number of hydrogen-bond acceptors (Lipinski definition) is 4. The number of pyridine rings is 1. The van der Waals surface area contributed by atoms with Crippen LogP contribution in [0.3, 0.4) is 0 Å². The van der Waals surface area contributed by atoms with E-state index in [0.29, 0.717) is 5.69 Å². The van der Waals surface area contributed by atoms with Gasteiger partial charge in [0.1, 0.15) is 5.82 Å². The first-order chi connectivity index (χ1) is 8.71. The van der Waals surface area contributed by atoms with Crippen molar-refractivity contribution in [1.29, 1.82) is 0 Å². The molecular formula is C13H18BFN2O2. The van der Waals surface area contributed by atoms with E-state index < -0.39 is 12.9 Å². The van der Waals surface area contributed by atoms with E-state index >= 15 is 0 Å². The maximum absolute atomic E-state index is 12.9. The molecule has 0 aliphatic carbocycles.